The number of carbonyl (C=O) groups is 1. The van der Waals surface area contributed by atoms with E-state index in [1.165, 1.54) is 6.07 Å². The molecule has 0 radical (unpaired) electrons. The van der Waals surface area contributed by atoms with Crippen molar-refractivity contribution in [2.24, 2.45) is 0 Å². The highest BCUT2D eigenvalue weighted by molar-refractivity contribution is 5.91. The molecule has 0 bridgehead atoms. The van der Waals surface area contributed by atoms with Crippen molar-refractivity contribution in [3.8, 4) is 0 Å². The van der Waals surface area contributed by atoms with Gasteiger partial charge in [0, 0.05) is 11.6 Å². The van der Waals surface area contributed by atoms with Crippen LogP contribution in [-0.4, -0.2) is 16.1 Å². The molecule has 0 aliphatic carbocycles. The molecule has 5 heteroatoms. The smallest absolute Gasteiger partial charge is 0.371 e. The second-order valence-electron chi connectivity index (χ2n) is 4.60. The molecule has 2 aromatic heterocycles. The van der Waals surface area contributed by atoms with Crippen molar-refractivity contribution < 1.29 is 19.1 Å². The number of nitrogens with zero attached hydrogens (tertiary/aromatic N) is 1. The van der Waals surface area contributed by atoms with Crippen LogP contribution in [-0.2, 0) is 18.0 Å². The maximum Gasteiger partial charge on any atom is 0.371 e. The summed E-state index contributed by atoms with van der Waals surface area (Å²) < 4.78 is 10.8. The van der Waals surface area contributed by atoms with Crippen molar-refractivity contribution in [2.75, 3.05) is 0 Å². The summed E-state index contributed by atoms with van der Waals surface area (Å²) in [7, 11) is 0. The maximum atomic E-state index is 10.9. The average Bonchev–Trinajstić information content (AvgIpc) is 2.92. The molecule has 0 aliphatic rings. The number of hydrogen-bond donors (Lipinski definition) is 1. The Labute approximate surface area is 120 Å². The summed E-state index contributed by atoms with van der Waals surface area (Å²) in [6.07, 6.45) is 1.73. The van der Waals surface area contributed by atoms with Crippen molar-refractivity contribution in [1.29, 1.82) is 0 Å². The van der Waals surface area contributed by atoms with E-state index in [-0.39, 0.29) is 5.76 Å². The van der Waals surface area contributed by atoms with Gasteiger partial charge in [-0.2, -0.15) is 0 Å². The lowest BCUT2D eigenvalue weighted by Gasteiger charge is -2.04. The number of hydrogen-bond acceptors (Lipinski definition) is 4. The molecule has 106 valence electrons. The Morgan fingerprint density at radius 2 is 2.10 bits per heavy atom. The highest BCUT2D eigenvalue weighted by Gasteiger charge is 2.10. The van der Waals surface area contributed by atoms with Gasteiger partial charge in [-0.05, 0) is 35.9 Å². The Kier molecular flexibility index (Phi) is 3.66. The Balaban J connectivity index is 1.68. The standard InChI is InChI=1S/C16H13NO4/c18-16(19)15-8-12-7-11(4-5-14(12)21-15)9-20-10-13-3-1-2-6-17-13/h1-8H,9-10H2,(H,18,19). The number of aromatic nitrogens is 1. The van der Waals surface area contributed by atoms with Crippen molar-refractivity contribution in [3.05, 3.63) is 65.7 Å². The Morgan fingerprint density at radius 3 is 2.86 bits per heavy atom. The number of fused-ring (bicyclic) bond motifs is 1. The number of benzene rings is 1. The molecule has 0 saturated carbocycles. The molecule has 2 heterocycles. The third kappa shape index (κ3) is 3.09. The molecule has 3 aromatic rings. The minimum absolute atomic E-state index is 0.0587. The van der Waals surface area contributed by atoms with E-state index in [4.69, 9.17) is 14.3 Å². The van der Waals surface area contributed by atoms with Gasteiger partial charge in [0.05, 0.1) is 18.9 Å². The summed E-state index contributed by atoms with van der Waals surface area (Å²) in [6.45, 7) is 0.866. The van der Waals surface area contributed by atoms with Gasteiger partial charge in [0.15, 0.2) is 0 Å². The van der Waals surface area contributed by atoms with E-state index >= 15 is 0 Å². The number of pyridine rings is 1. The third-order valence-corrected chi connectivity index (χ3v) is 3.04. The Hall–Kier alpha value is -2.66. The number of aromatic carboxylic acids is 1. The summed E-state index contributed by atoms with van der Waals surface area (Å²) in [5.74, 6) is -1.13. The molecule has 0 fully saturated rings. The van der Waals surface area contributed by atoms with E-state index in [2.05, 4.69) is 4.98 Å². The van der Waals surface area contributed by atoms with Gasteiger partial charge in [-0.15, -0.1) is 0 Å². The van der Waals surface area contributed by atoms with Gasteiger partial charge >= 0.3 is 5.97 Å². The first kappa shape index (κ1) is 13.3. The van der Waals surface area contributed by atoms with Gasteiger partial charge in [0.25, 0.3) is 0 Å². The van der Waals surface area contributed by atoms with Gasteiger partial charge in [-0.1, -0.05) is 12.1 Å². The fourth-order valence-corrected chi connectivity index (χ4v) is 2.04. The summed E-state index contributed by atoms with van der Waals surface area (Å²) in [6, 6.07) is 12.7. The highest BCUT2D eigenvalue weighted by Crippen LogP contribution is 2.21. The predicted molar refractivity (Wildman–Crippen MR) is 75.9 cm³/mol. The van der Waals surface area contributed by atoms with Crippen LogP contribution in [0.1, 0.15) is 21.8 Å². The third-order valence-electron chi connectivity index (χ3n) is 3.04. The molecule has 1 aromatic carbocycles. The average molecular weight is 283 g/mol. The maximum absolute atomic E-state index is 10.9. The fraction of sp³-hybridized carbons (Fsp3) is 0.125. The van der Waals surface area contributed by atoms with E-state index in [0.717, 1.165) is 16.6 Å². The molecule has 1 N–H and O–H groups in total. The molecule has 0 unspecified atom stereocenters. The summed E-state index contributed by atoms with van der Waals surface area (Å²) in [5, 5.41) is 9.65. The van der Waals surface area contributed by atoms with E-state index < -0.39 is 5.97 Å². The summed E-state index contributed by atoms with van der Waals surface area (Å²) >= 11 is 0. The number of carboxylic acids is 1. The van der Waals surface area contributed by atoms with Gasteiger partial charge in [-0.3, -0.25) is 4.98 Å². The lowest BCUT2D eigenvalue weighted by Crippen LogP contribution is -1.95. The molecule has 5 nitrogen and oxygen atoms in total. The van der Waals surface area contributed by atoms with Gasteiger partial charge in [0.2, 0.25) is 5.76 Å². The number of ether oxygens (including phenoxy) is 1. The molecular weight excluding hydrogens is 270 g/mol. The molecule has 0 aliphatic heterocycles. The molecule has 0 saturated heterocycles. The van der Waals surface area contributed by atoms with Crippen LogP contribution in [0.3, 0.4) is 0 Å². The first-order chi connectivity index (χ1) is 10.2. The molecule has 3 rings (SSSR count). The van der Waals surface area contributed by atoms with Crippen LogP contribution in [0, 0.1) is 0 Å². The number of furan rings is 1. The van der Waals surface area contributed by atoms with Crippen LogP contribution in [0.5, 0.6) is 0 Å². The zero-order valence-electron chi connectivity index (χ0n) is 11.2. The first-order valence-electron chi connectivity index (χ1n) is 6.46. The van der Waals surface area contributed by atoms with Crippen molar-refractivity contribution in [1.82, 2.24) is 4.98 Å². The molecule has 0 spiro atoms. The van der Waals surface area contributed by atoms with E-state index in [0.29, 0.717) is 18.8 Å². The van der Waals surface area contributed by atoms with Crippen LogP contribution in [0.4, 0.5) is 0 Å². The lowest BCUT2D eigenvalue weighted by atomic mass is 10.2. The molecule has 0 atom stereocenters. The highest BCUT2D eigenvalue weighted by atomic mass is 16.5. The second-order valence-corrected chi connectivity index (χ2v) is 4.60. The van der Waals surface area contributed by atoms with Gasteiger partial charge in [-0.25, -0.2) is 4.79 Å². The van der Waals surface area contributed by atoms with Gasteiger partial charge < -0.3 is 14.3 Å². The minimum Gasteiger partial charge on any atom is -0.475 e. The zero-order chi connectivity index (χ0) is 14.7. The largest absolute Gasteiger partial charge is 0.475 e. The van der Waals surface area contributed by atoms with Crippen molar-refractivity contribution >= 4 is 16.9 Å². The Morgan fingerprint density at radius 1 is 1.19 bits per heavy atom. The van der Waals surface area contributed by atoms with E-state index in [1.807, 2.05) is 30.3 Å². The van der Waals surface area contributed by atoms with Crippen LogP contribution in [0.2, 0.25) is 0 Å². The van der Waals surface area contributed by atoms with Crippen LogP contribution >= 0.6 is 0 Å². The monoisotopic (exact) mass is 283 g/mol. The number of carboxylic acid groups (broad SMARTS) is 1. The van der Waals surface area contributed by atoms with E-state index in [9.17, 15) is 4.79 Å². The van der Waals surface area contributed by atoms with E-state index in [1.54, 1.807) is 12.3 Å². The second kappa shape index (κ2) is 5.76. The van der Waals surface area contributed by atoms with Gasteiger partial charge in [0.1, 0.15) is 5.58 Å². The predicted octanol–water partition coefficient (Wildman–Crippen LogP) is 3.24. The minimum atomic E-state index is -1.07. The Bertz CT molecular complexity index is 764. The topological polar surface area (TPSA) is 72.6 Å². The molecular formula is C16H13NO4. The SMILES string of the molecule is O=C(O)c1cc2cc(COCc3ccccn3)ccc2o1. The normalized spacial score (nSPS) is 10.9. The van der Waals surface area contributed by atoms with Crippen molar-refractivity contribution in [2.45, 2.75) is 13.2 Å². The summed E-state index contributed by atoms with van der Waals surface area (Å²) in [4.78, 5) is 15.0. The van der Waals surface area contributed by atoms with Crippen LogP contribution in [0.25, 0.3) is 11.0 Å². The zero-order valence-corrected chi connectivity index (χ0v) is 11.2. The first-order valence-corrected chi connectivity index (χ1v) is 6.46. The number of rotatable bonds is 5. The molecule has 0 amide bonds. The summed E-state index contributed by atoms with van der Waals surface area (Å²) in [5.41, 5.74) is 2.38. The fourth-order valence-electron chi connectivity index (χ4n) is 2.04. The van der Waals surface area contributed by atoms with Crippen molar-refractivity contribution in [3.63, 3.8) is 0 Å². The lowest BCUT2D eigenvalue weighted by molar-refractivity contribution is 0.0665. The quantitative estimate of drug-likeness (QED) is 0.778. The molecule has 21 heavy (non-hydrogen) atoms. The van der Waals surface area contributed by atoms with Crippen LogP contribution < -0.4 is 0 Å². The van der Waals surface area contributed by atoms with Crippen LogP contribution in [0.15, 0.2) is 53.1 Å².